The lowest BCUT2D eigenvalue weighted by atomic mass is 10.2. The van der Waals surface area contributed by atoms with Gasteiger partial charge in [-0.15, -0.1) is 24.0 Å². The number of guanidine groups is 1. The summed E-state index contributed by atoms with van der Waals surface area (Å²) in [5, 5.41) is 9.44. The van der Waals surface area contributed by atoms with Crippen molar-refractivity contribution in [3.8, 4) is 0 Å². The Bertz CT molecular complexity index is 389. The van der Waals surface area contributed by atoms with Gasteiger partial charge < -0.3 is 20.7 Å². The first-order valence-electron chi connectivity index (χ1n) is 9.20. The SMILES string of the molecule is CCNC(=NCC(C)N1CCOCC1)NCCC(=O)NC(C)CC.I. The van der Waals surface area contributed by atoms with E-state index >= 15 is 0 Å². The molecule has 1 amide bonds. The molecule has 148 valence electrons. The number of nitrogens with zero attached hydrogens (tertiary/aromatic N) is 2. The van der Waals surface area contributed by atoms with Crippen molar-refractivity contribution in [3.63, 3.8) is 0 Å². The number of amides is 1. The van der Waals surface area contributed by atoms with Gasteiger partial charge in [0.1, 0.15) is 0 Å². The van der Waals surface area contributed by atoms with E-state index in [4.69, 9.17) is 4.74 Å². The fourth-order valence-corrected chi connectivity index (χ4v) is 2.44. The third kappa shape index (κ3) is 10.9. The molecule has 8 heteroatoms. The maximum Gasteiger partial charge on any atom is 0.221 e. The van der Waals surface area contributed by atoms with Crippen LogP contribution in [0.25, 0.3) is 0 Å². The fraction of sp³-hybridized carbons (Fsp3) is 0.882. The summed E-state index contributed by atoms with van der Waals surface area (Å²) in [4.78, 5) is 18.8. The molecule has 25 heavy (non-hydrogen) atoms. The monoisotopic (exact) mass is 469 g/mol. The van der Waals surface area contributed by atoms with Gasteiger partial charge in [-0.05, 0) is 27.2 Å². The Morgan fingerprint density at radius 2 is 1.88 bits per heavy atom. The molecule has 7 nitrogen and oxygen atoms in total. The van der Waals surface area contributed by atoms with Crippen LogP contribution in [0.4, 0.5) is 0 Å². The minimum atomic E-state index is 0. The number of nitrogens with one attached hydrogen (secondary N) is 3. The molecule has 2 atom stereocenters. The number of halogens is 1. The van der Waals surface area contributed by atoms with E-state index < -0.39 is 0 Å². The van der Waals surface area contributed by atoms with E-state index in [1.54, 1.807) is 0 Å². The molecule has 1 rings (SSSR count). The molecule has 0 saturated carbocycles. The molecular weight excluding hydrogens is 433 g/mol. The summed E-state index contributed by atoms with van der Waals surface area (Å²) in [7, 11) is 0. The van der Waals surface area contributed by atoms with Crippen LogP contribution >= 0.6 is 24.0 Å². The number of aliphatic imine (C=N–C) groups is 1. The van der Waals surface area contributed by atoms with Crippen molar-refractivity contribution in [2.24, 2.45) is 4.99 Å². The summed E-state index contributed by atoms with van der Waals surface area (Å²) in [6, 6.07) is 0.617. The molecule has 2 unspecified atom stereocenters. The van der Waals surface area contributed by atoms with Crippen molar-refractivity contribution >= 4 is 35.8 Å². The van der Waals surface area contributed by atoms with E-state index in [2.05, 4.69) is 39.7 Å². The predicted octanol–water partition coefficient (Wildman–Crippen LogP) is 1.19. The average molecular weight is 469 g/mol. The van der Waals surface area contributed by atoms with Crippen LogP contribution < -0.4 is 16.0 Å². The molecule has 1 aliphatic heterocycles. The van der Waals surface area contributed by atoms with Crippen molar-refractivity contribution in [1.82, 2.24) is 20.9 Å². The zero-order chi connectivity index (χ0) is 17.8. The summed E-state index contributed by atoms with van der Waals surface area (Å²) in [5.74, 6) is 0.850. The third-order valence-corrected chi connectivity index (χ3v) is 4.19. The number of carbonyl (C=O) groups is 1. The molecule has 1 saturated heterocycles. The van der Waals surface area contributed by atoms with Crippen molar-refractivity contribution in [2.75, 3.05) is 45.9 Å². The highest BCUT2D eigenvalue weighted by Gasteiger charge is 2.16. The van der Waals surface area contributed by atoms with E-state index in [-0.39, 0.29) is 35.9 Å². The van der Waals surface area contributed by atoms with Crippen molar-refractivity contribution in [1.29, 1.82) is 0 Å². The lowest BCUT2D eigenvalue weighted by molar-refractivity contribution is -0.121. The highest BCUT2D eigenvalue weighted by atomic mass is 127. The third-order valence-electron chi connectivity index (χ3n) is 4.19. The van der Waals surface area contributed by atoms with Gasteiger partial charge in [0, 0.05) is 44.7 Å². The van der Waals surface area contributed by atoms with Crippen LogP contribution in [0.2, 0.25) is 0 Å². The van der Waals surface area contributed by atoms with E-state index in [1.165, 1.54) is 0 Å². The predicted molar refractivity (Wildman–Crippen MR) is 114 cm³/mol. The molecular formula is C17H36IN5O2. The Morgan fingerprint density at radius 1 is 1.20 bits per heavy atom. The molecule has 0 aromatic rings. The summed E-state index contributed by atoms with van der Waals surface area (Å²) in [6.07, 6.45) is 1.40. The van der Waals surface area contributed by atoms with Gasteiger partial charge in [-0.1, -0.05) is 6.92 Å². The Labute approximate surface area is 169 Å². The lowest BCUT2D eigenvalue weighted by Crippen LogP contribution is -2.45. The quantitative estimate of drug-likeness (QED) is 0.269. The van der Waals surface area contributed by atoms with Crippen LogP contribution in [0.15, 0.2) is 4.99 Å². The van der Waals surface area contributed by atoms with Crippen LogP contribution in [-0.4, -0.2) is 74.8 Å². The molecule has 0 aromatic heterocycles. The molecule has 0 aliphatic carbocycles. The van der Waals surface area contributed by atoms with Crippen LogP contribution in [-0.2, 0) is 9.53 Å². The highest BCUT2D eigenvalue weighted by Crippen LogP contribution is 2.03. The number of carbonyl (C=O) groups excluding carboxylic acids is 1. The van der Waals surface area contributed by atoms with Crippen LogP contribution in [0.5, 0.6) is 0 Å². The summed E-state index contributed by atoms with van der Waals surface area (Å²) in [6.45, 7) is 14.0. The first kappa shape index (κ1) is 24.4. The molecule has 1 fully saturated rings. The van der Waals surface area contributed by atoms with Gasteiger partial charge in [0.25, 0.3) is 0 Å². The van der Waals surface area contributed by atoms with Gasteiger partial charge in [0.05, 0.1) is 19.8 Å². The second kappa shape index (κ2) is 14.5. The smallest absolute Gasteiger partial charge is 0.221 e. The van der Waals surface area contributed by atoms with Crippen molar-refractivity contribution in [3.05, 3.63) is 0 Å². The number of hydrogen-bond donors (Lipinski definition) is 3. The maximum absolute atomic E-state index is 11.8. The zero-order valence-corrected chi connectivity index (χ0v) is 18.5. The summed E-state index contributed by atoms with van der Waals surface area (Å²) in [5.41, 5.74) is 0. The molecule has 0 radical (unpaired) electrons. The molecule has 0 aromatic carbocycles. The van der Waals surface area contributed by atoms with Crippen molar-refractivity contribution in [2.45, 2.75) is 52.6 Å². The molecule has 3 N–H and O–H groups in total. The summed E-state index contributed by atoms with van der Waals surface area (Å²) >= 11 is 0. The number of ether oxygens (including phenoxy) is 1. The van der Waals surface area contributed by atoms with Crippen LogP contribution in [0.3, 0.4) is 0 Å². The number of rotatable bonds is 9. The van der Waals surface area contributed by atoms with Crippen LogP contribution in [0.1, 0.15) is 40.5 Å². The lowest BCUT2D eigenvalue weighted by Gasteiger charge is -2.31. The van der Waals surface area contributed by atoms with Gasteiger partial charge in [0.15, 0.2) is 5.96 Å². The van der Waals surface area contributed by atoms with Gasteiger partial charge in [-0.2, -0.15) is 0 Å². The average Bonchev–Trinajstić information content (AvgIpc) is 2.59. The maximum atomic E-state index is 11.8. The first-order chi connectivity index (χ1) is 11.6. The topological polar surface area (TPSA) is 78.0 Å². The van der Waals surface area contributed by atoms with Gasteiger partial charge in [0.2, 0.25) is 5.91 Å². The standard InChI is InChI=1S/C17H35N5O2.HI/c1-5-14(3)21-16(23)7-8-19-17(18-6-2)20-13-15(4)22-9-11-24-12-10-22;/h14-15H,5-13H2,1-4H3,(H,21,23)(H2,18,19,20);1H. The molecule has 0 bridgehead atoms. The Morgan fingerprint density at radius 3 is 2.48 bits per heavy atom. The molecule has 0 spiro atoms. The largest absolute Gasteiger partial charge is 0.379 e. The van der Waals surface area contributed by atoms with E-state index in [0.29, 0.717) is 19.0 Å². The Hall–Kier alpha value is -0.610. The minimum absolute atomic E-state index is 0. The van der Waals surface area contributed by atoms with Gasteiger partial charge in [-0.25, -0.2) is 0 Å². The van der Waals surface area contributed by atoms with E-state index in [1.807, 2.05) is 13.8 Å². The normalized spacial score (nSPS) is 18.0. The Balaban J connectivity index is 0.00000576. The van der Waals surface area contributed by atoms with E-state index in [9.17, 15) is 4.79 Å². The minimum Gasteiger partial charge on any atom is -0.379 e. The molecule has 1 aliphatic rings. The number of hydrogen-bond acceptors (Lipinski definition) is 4. The van der Waals surface area contributed by atoms with E-state index in [0.717, 1.165) is 51.8 Å². The van der Waals surface area contributed by atoms with Crippen molar-refractivity contribution < 1.29 is 9.53 Å². The summed E-state index contributed by atoms with van der Waals surface area (Å²) < 4.78 is 5.38. The van der Waals surface area contributed by atoms with Gasteiger partial charge in [-0.3, -0.25) is 14.7 Å². The molecule has 1 heterocycles. The fourth-order valence-electron chi connectivity index (χ4n) is 2.44. The number of morpholine rings is 1. The highest BCUT2D eigenvalue weighted by molar-refractivity contribution is 14.0. The second-order valence-electron chi connectivity index (χ2n) is 6.27. The zero-order valence-electron chi connectivity index (χ0n) is 16.1. The Kier molecular flexibility index (Phi) is 14.2. The van der Waals surface area contributed by atoms with Gasteiger partial charge >= 0.3 is 0 Å². The second-order valence-corrected chi connectivity index (χ2v) is 6.27. The first-order valence-corrected chi connectivity index (χ1v) is 9.20. The van der Waals surface area contributed by atoms with Crippen LogP contribution in [0, 0.1) is 0 Å².